The molecule has 0 unspecified atom stereocenters. The number of carbonyl (C=O) groups is 1. The highest BCUT2D eigenvalue weighted by molar-refractivity contribution is 6.03. The molecular weight excluding hydrogens is 256 g/mol. The Labute approximate surface area is 115 Å². The van der Waals surface area contributed by atoms with Gasteiger partial charge in [-0.15, -0.1) is 0 Å². The van der Waals surface area contributed by atoms with Gasteiger partial charge in [0.25, 0.3) is 5.56 Å². The number of aromatic amines is 2. The predicted octanol–water partition coefficient (Wildman–Crippen LogP) is 1.55. The third-order valence-corrected chi connectivity index (χ3v) is 2.89. The quantitative estimate of drug-likeness (QED) is 0.741. The van der Waals surface area contributed by atoms with Gasteiger partial charge in [0.1, 0.15) is 5.52 Å². The van der Waals surface area contributed by atoms with Gasteiger partial charge in [0.15, 0.2) is 0 Å². The highest BCUT2D eigenvalue weighted by Gasteiger charge is 2.03. The number of benzene rings is 1. The monoisotopic (exact) mass is 271 g/mol. The van der Waals surface area contributed by atoms with Crippen molar-refractivity contribution in [3.8, 4) is 0 Å². The fourth-order valence-electron chi connectivity index (χ4n) is 2.00. The fourth-order valence-corrected chi connectivity index (χ4v) is 2.00. The van der Waals surface area contributed by atoms with Crippen molar-refractivity contribution >= 4 is 27.8 Å². The molecule has 20 heavy (non-hydrogen) atoms. The molecule has 0 radical (unpaired) electrons. The third kappa shape index (κ3) is 2.88. The van der Waals surface area contributed by atoms with Crippen LogP contribution >= 0.6 is 0 Å². The number of pyridine rings is 1. The topological polar surface area (TPSA) is 88.8 Å². The zero-order valence-corrected chi connectivity index (χ0v) is 11.1. The minimum Gasteiger partial charge on any atom is -0.550 e. The lowest BCUT2D eigenvalue weighted by atomic mass is 10.1. The Balaban J connectivity index is 0.000000212. The molecule has 2 aromatic heterocycles. The number of para-hydroxylation sites is 1. The number of nitrogens with one attached hydrogen (secondary N) is 2. The summed E-state index contributed by atoms with van der Waals surface area (Å²) in [5.74, 6) is -0.961. The summed E-state index contributed by atoms with van der Waals surface area (Å²) in [7, 11) is 0. The minimum atomic E-state index is -0.961. The zero-order valence-electron chi connectivity index (χ0n) is 11.1. The van der Waals surface area contributed by atoms with E-state index in [-0.39, 0.29) is 12.0 Å². The van der Waals surface area contributed by atoms with E-state index in [0.29, 0.717) is 11.9 Å². The molecule has 0 atom stereocenters. The maximum Gasteiger partial charge on any atom is 0.272 e. The van der Waals surface area contributed by atoms with E-state index < -0.39 is 5.97 Å². The number of fused-ring (bicyclic) bond motifs is 3. The van der Waals surface area contributed by atoms with E-state index in [9.17, 15) is 14.7 Å². The van der Waals surface area contributed by atoms with E-state index in [1.165, 1.54) is 0 Å². The summed E-state index contributed by atoms with van der Waals surface area (Å²) in [6.45, 7) is 1.80. The molecule has 0 amide bonds. The highest BCUT2D eigenvalue weighted by atomic mass is 16.4. The number of carboxylic acid groups (broad SMARTS) is 1. The molecule has 3 rings (SSSR count). The fraction of sp³-hybridized carbons (Fsp3) is 0.200. The van der Waals surface area contributed by atoms with Crippen LogP contribution in [0.2, 0.25) is 0 Å². The third-order valence-electron chi connectivity index (χ3n) is 2.89. The summed E-state index contributed by atoms with van der Waals surface area (Å²) in [5.41, 5.74) is 1.46. The molecule has 0 aliphatic heterocycles. The van der Waals surface area contributed by atoms with Crippen molar-refractivity contribution in [3.63, 3.8) is 0 Å². The smallest absolute Gasteiger partial charge is 0.272 e. The standard InChI is InChI=1S/C11H8N2O.C4H8O2/c14-11-10-8(5-6-12-10)7-3-1-2-4-9(7)13-11;1-2-3-4(5)6/h1-6,12H,(H,13,14);2-3H2,1H3,(H,5,6)/p-1. The first-order valence-electron chi connectivity index (χ1n) is 6.41. The lowest BCUT2D eigenvalue weighted by Gasteiger charge is -1.97. The molecular formula is C15H15N2O3-. The molecule has 0 saturated carbocycles. The Hall–Kier alpha value is -2.56. The molecule has 5 nitrogen and oxygen atoms in total. The molecule has 0 saturated heterocycles. The predicted molar refractivity (Wildman–Crippen MR) is 76.3 cm³/mol. The molecule has 0 bridgehead atoms. The molecule has 104 valence electrons. The summed E-state index contributed by atoms with van der Waals surface area (Å²) in [4.78, 5) is 26.8. The Morgan fingerprint density at radius 1 is 1.20 bits per heavy atom. The number of carboxylic acids is 1. The second-order valence-electron chi connectivity index (χ2n) is 4.39. The molecule has 0 aliphatic rings. The van der Waals surface area contributed by atoms with Gasteiger partial charge >= 0.3 is 0 Å². The number of H-pyrrole nitrogens is 2. The molecule has 5 heteroatoms. The van der Waals surface area contributed by atoms with Crippen molar-refractivity contribution in [3.05, 3.63) is 46.9 Å². The number of hydrogen-bond acceptors (Lipinski definition) is 3. The first-order valence-corrected chi connectivity index (χ1v) is 6.41. The number of rotatable bonds is 2. The van der Waals surface area contributed by atoms with E-state index in [4.69, 9.17) is 0 Å². The number of hydrogen-bond donors (Lipinski definition) is 2. The van der Waals surface area contributed by atoms with E-state index >= 15 is 0 Å². The second-order valence-corrected chi connectivity index (χ2v) is 4.39. The van der Waals surface area contributed by atoms with Gasteiger partial charge in [0, 0.05) is 28.5 Å². The van der Waals surface area contributed by atoms with Gasteiger partial charge in [-0.1, -0.05) is 31.5 Å². The van der Waals surface area contributed by atoms with Gasteiger partial charge in [-0.3, -0.25) is 4.79 Å². The Morgan fingerprint density at radius 2 is 1.95 bits per heavy atom. The van der Waals surface area contributed by atoms with Crippen molar-refractivity contribution in [2.24, 2.45) is 0 Å². The Kier molecular flexibility index (Phi) is 4.20. The van der Waals surface area contributed by atoms with Crippen LogP contribution in [0.3, 0.4) is 0 Å². The van der Waals surface area contributed by atoms with Gasteiger partial charge < -0.3 is 19.9 Å². The van der Waals surface area contributed by atoms with Gasteiger partial charge in [-0.05, 0) is 18.6 Å². The van der Waals surface area contributed by atoms with Crippen molar-refractivity contribution in [2.45, 2.75) is 19.8 Å². The van der Waals surface area contributed by atoms with Crippen LogP contribution in [0.25, 0.3) is 21.8 Å². The summed E-state index contributed by atoms with van der Waals surface area (Å²) in [6.07, 6.45) is 2.63. The van der Waals surface area contributed by atoms with Gasteiger partial charge in [-0.25, -0.2) is 0 Å². The second kappa shape index (κ2) is 6.06. The molecule has 3 aromatic rings. The first kappa shape index (κ1) is 13.9. The first-order chi connectivity index (χ1) is 9.63. The van der Waals surface area contributed by atoms with Crippen molar-refractivity contribution < 1.29 is 9.90 Å². The van der Waals surface area contributed by atoms with Crippen molar-refractivity contribution in [2.75, 3.05) is 0 Å². The summed E-state index contributed by atoms with van der Waals surface area (Å²) >= 11 is 0. The van der Waals surface area contributed by atoms with Crippen LogP contribution in [0.4, 0.5) is 0 Å². The van der Waals surface area contributed by atoms with Crippen LogP contribution in [0.5, 0.6) is 0 Å². The average Bonchev–Trinajstić information content (AvgIpc) is 2.89. The summed E-state index contributed by atoms with van der Waals surface area (Å²) < 4.78 is 0. The van der Waals surface area contributed by atoms with Crippen LogP contribution in [0.15, 0.2) is 41.3 Å². The summed E-state index contributed by atoms with van der Waals surface area (Å²) in [5, 5.41) is 11.5. The number of aliphatic carboxylic acids is 1. The lowest BCUT2D eigenvalue weighted by molar-refractivity contribution is -0.305. The largest absolute Gasteiger partial charge is 0.550 e. The van der Waals surface area contributed by atoms with Crippen LogP contribution in [0.1, 0.15) is 19.8 Å². The van der Waals surface area contributed by atoms with Gasteiger partial charge in [0.05, 0.1) is 0 Å². The van der Waals surface area contributed by atoms with Gasteiger partial charge in [-0.2, -0.15) is 0 Å². The molecule has 2 heterocycles. The molecule has 1 aromatic carbocycles. The molecule has 2 N–H and O–H groups in total. The zero-order chi connectivity index (χ0) is 14.5. The molecule has 0 aliphatic carbocycles. The minimum absolute atomic E-state index is 0.0660. The van der Waals surface area contributed by atoms with E-state index in [2.05, 4.69) is 9.97 Å². The van der Waals surface area contributed by atoms with Crippen molar-refractivity contribution in [1.29, 1.82) is 0 Å². The summed E-state index contributed by atoms with van der Waals surface area (Å²) in [6, 6.07) is 9.71. The maximum atomic E-state index is 11.6. The molecule has 0 fully saturated rings. The SMILES string of the molecule is CCCC(=O)[O-].O=c1[nH]c2ccccc2c2cc[nH]c12. The highest BCUT2D eigenvalue weighted by Crippen LogP contribution is 2.19. The average molecular weight is 271 g/mol. The Bertz CT molecular complexity index is 786. The maximum absolute atomic E-state index is 11.6. The van der Waals surface area contributed by atoms with Crippen LogP contribution < -0.4 is 10.7 Å². The number of carbonyl (C=O) groups excluding carboxylic acids is 1. The van der Waals surface area contributed by atoms with E-state index in [1.54, 1.807) is 13.1 Å². The lowest BCUT2D eigenvalue weighted by Crippen LogP contribution is -2.20. The van der Waals surface area contributed by atoms with Gasteiger partial charge in [0.2, 0.25) is 0 Å². The van der Waals surface area contributed by atoms with Crippen molar-refractivity contribution in [1.82, 2.24) is 9.97 Å². The normalized spacial score (nSPS) is 10.2. The Morgan fingerprint density at radius 3 is 2.60 bits per heavy atom. The molecule has 0 spiro atoms. The number of aromatic nitrogens is 2. The van der Waals surface area contributed by atoms with Crippen LogP contribution in [-0.4, -0.2) is 15.9 Å². The van der Waals surface area contributed by atoms with E-state index in [1.807, 2.05) is 30.3 Å². The van der Waals surface area contributed by atoms with Crippen LogP contribution in [0, 0.1) is 0 Å². The van der Waals surface area contributed by atoms with Crippen LogP contribution in [-0.2, 0) is 4.79 Å². The van der Waals surface area contributed by atoms with E-state index in [0.717, 1.165) is 16.3 Å².